The number of ether oxygens (including phenoxy) is 1. The van der Waals surface area contributed by atoms with Crippen LogP contribution in [0, 0.1) is 31.6 Å². The van der Waals surface area contributed by atoms with Gasteiger partial charge in [0.25, 0.3) is 5.91 Å². The number of carboxylic acids is 1. The Hall–Kier alpha value is -3.44. The Bertz CT molecular complexity index is 1220. The summed E-state index contributed by atoms with van der Waals surface area (Å²) in [6.45, 7) is 9.93. The molecule has 4 atom stereocenters. The van der Waals surface area contributed by atoms with Crippen LogP contribution in [-0.4, -0.2) is 84.8 Å². The number of amides is 2. The predicted molar refractivity (Wildman–Crippen MR) is 150 cm³/mol. The fourth-order valence-corrected chi connectivity index (χ4v) is 6.10. The van der Waals surface area contributed by atoms with Crippen molar-refractivity contribution in [3.05, 3.63) is 70.8 Å². The van der Waals surface area contributed by atoms with Crippen molar-refractivity contribution in [1.29, 1.82) is 0 Å². The minimum absolute atomic E-state index is 0.00634. The van der Waals surface area contributed by atoms with Crippen LogP contribution in [0.5, 0.6) is 0 Å². The highest BCUT2D eigenvalue weighted by atomic mass is 19.4. The maximum Gasteiger partial charge on any atom is 0.490 e. The molecular formula is C31H38F3N3O5. The summed E-state index contributed by atoms with van der Waals surface area (Å²) >= 11 is 0. The molecule has 3 saturated heterocycles. The summed E-state index contributed by atoms with van der Waals surface area (Å²) in [7, 11) is 0. The van der Waals surface area contributed by atoms with E-state index in [-0.39, 0.29) is 23.8 Å². The quantitative estimate of drug-likeness (QED) is 0.502. The van der Waals surface area contributed by atoms with E-state index in [0.717, 1.165) is 67.8 Å². The Morgan fingerprint density at radius 1 is 0.976 bits per heavy atom. The Kier molecular flexibility index (Phi) is 10.3. The van der Waals surface area contributed by atoms with Crippen LogP contribution in [-0.2, 0) is 14.3 Å². The van der Waals surface area contributed by atoms with Crippen LogP contribution >= 0.6 is 0 Å². The molecule has 0 saturated carbocycles. The van der Waals surface area contributed by atoms with E-state index < -0.39 is 12.1 Å². The molecule has 8 nitrogen and oxygen atoms in total. The predicted octanol–water partition coefficient (Wildman–Crippen LogP) is 4.22. The minimum atomic E-state index is -5.08. The molecule has 3 aliphatic rings. The van der Waals surface area contributed by atoms with Crippen LogP contribution in [0.1, 0.15) is 45.9 Å². The number of carboxylic acid groups (broad SMARTS) is 1. The highest BCUT2D eigenvalue weighted by Crippen LogP contribution is 2.33. The van der Waals surface area contributed by atoms with Crippen molar-refractivity contribution in [2.24, 2.45) is 17.8 Å². The number of nitrogens with one attached hydrogen (secondary N) is 1. The third-order valence-corrected chi connectivity index (χ3v) is 8.34. The summed E-state index contributed by atoms with van der Waals surface area (Å²) < 4.78 is 37.2. The third-order valence-electron chi connectivity index (χ3n) is 8.34. The number of likely N-dealkylation sites (tertiary alicyclic amines) is 2. The van der Waals surface area contributed by atoms with Crippen LogP contribution in [0.3, 0.4) is 0 Å². The smallest absolute Gasteiger partial charge is 0.475 e. The van der Waals surface area contributed by atoms with E-state index in [9.17, 15) is 22.8 Å². The van der Waals surface area contributed by atoms with Gasteiger partial charge < -0.3 is 25.0 Å². The van der Waals surface area contributed by atoms with E-state index in [1.165, 1.54) is 0 Å². The zero-order chi connectivity index (χ0) is 30.4. The molecule has 42 heavy (non-hydrogen) atoms. The van der Waals surface area contributed by atoms with Gasteiger partial charge in [0.1, 0.15) is 0 Å². The lowest BCUT2D eigenvalue weighted by atomic mass is 10.0. The first-order valence-electron chi connectivity index (χ1n) is 14.2. The summed E-state index contributed by atoms with van der Waals surface area (Å²) in [5.74, 6) is -1.44. The van der Waals surface area contributed by atoms with Gasteiger partial charge in [0.05, 0.1) is 18.6 Å². The monoisotopic (exact) mass is 589 g/mol. The molecule has 0 aromatic heterocycles. The van der Waals surface area contributed by atoms with Crippen LogP contribution < -0.4 is 5.32 Å². The first-order valence-corrected chi connectivity index (χ1v) is 14.2. The number of alkyl halides is 3. The second-order valence-corrected chi connectivity index (χ2v) is 11.4. The molecule has 3 fully saturated rings. The van der Waals surface area contributed by atoms with E-state index in [1.807, 2.05) is 50.2 Å². The van der Waals surface area contributed by atoms with Gasteiger partial charge in [-0.05, 0) is 55.2 Å². The van der Waals surface area contributed by atoms with Gasteiger partial charge in [-0.15, -0.1) is 0 Å². The Balaban J connectivity index is 0.000000517. The molecule has 0 radical (unpaired) electrons. The lowest BCUT2D eigenvalue weighted by Gasteiger charge is -2.26. The van der Waals surface area contributed by atoms with Crippen LogP contribution in [0.15, 0.2) is 48.5 Å². The molecular weight excluding hydrogens is 551 g/mol. The number of halogens is 3. The normalized spacial score (nSPS) is 22.7. The Morgan fingerprint density at radius 3 is 2.10 bits per heavy atom. The number of hydrogen-bond acceptors (Lipinski definition) is 5. The van der Waals surface area contributed by atoms with Crippen molar-refractivity contribution in [3.63, 3.8) is 0 Å². The second kappa shape index (κ2) is 13.7. The summed E-state index contributed by atoms with van der Waals surface area (Å²) in [6, 6.07) is 16.4. The summed E-state index contributed by atoms with van der Waals surface area (Å²) in [6.07, 6.45) is -3.39. The fraction of sp³-hybridized carbons (Fsp3) is 0.516. The fourth-order valence-electron chi connectivity index (χ4n) is 6.10. The van der Waals surface area contributed by atoms with E-state index in [2.05, 4.69) is 27.2 Å². The van der Waals surface area contributed by atoms with Gasteiger partial charge in [-0.25, -0.2) is 4.79 Å². The van der Waals surface area contributed by atoms with Gasteiger partial charge >= 0.3 is 12.1 Å². The van der Waals surface area contributed by atoms with Gasteiger partial charge in [0.15, 0.2) is 0 Å². The van der Waals surface area contributed by atoms with Crippen LogP contribution in [0.25, 0.3) is 0 Å². The molecule has 0 spiro atoms. The molecule has 3 heterocycles. The zero-order valence-corrected chi connectivity index (χ0v) is 23.9. The topological polar surface area (TPSA) is 99.2 Å². The average Bonchev–Trinajstić information content (AvgIpc) is 3.69. The van der Waals surface area contributed by atoms with Gasteiger partial charge in [-0.2, -0.15) is 13.2 Å². The molecule has 3 aliphatic heterocycles. The molecule has 2 aromatic carbocycles. The second-order valence-electron chi connectivity index (χ2n) is 11.4. The maximum atomic E-state index is 13.2. The first-order chi connectivity index (χ1) is 19.9. The van der Waals surface area contributed by atoms with Gasteiger partial charge in [0, 0.05) is 44.9 Å². The van der Waals surface area contributed by atoms with E-state index in [1.54, 1.807) is 0 Å². The highest BCUT2D eigenvalue weighted by molar-refractivity contribution is 5.97. The van der Waals surface area contributed by atoms with Gasteiger partial charge in [0.2, 0.25) is 5.91 Å². The molecule has 3 unspecified atom stereocenters. The van der Waals surface area contributed by atoms with Crippen LogP contribution in [0.2, 0.25) is 0 Å². The third kappa shape index (κ3) is 7.89. The van der Waals surface area contributed by atoms with Crippen molar-refractivity contribution in [2.45, 2.75) is 38.9 Å². The molecule has 2 amide bonds. The molecule has 2 N–H and O–H groups in total. The number of fused-ring (bicyclic) bond motifs is 1. The van der Waals surface area contributed by atoms with Crippen molar-refractivity contribution >= 4 is 17.8 Å². The van der Waals surface area contributed by atoms with Crippen LogP contribution in [0.4, 0.5) is 13.2 Å². The van der Waals surface area contributed by atoms with E-state index in [4.69, 9.17) is 14.6 Å². The van der Waals surface area contributed by atoms with Crippen molar-refractivity contribution in [1.82, 2.24) is 15.1 Å². The number of carbonyl (C=O) groups excluding carboxylic acids is 2. The molecule has 0 bridgehead atoms. The lowest BCUT2D eigenvalue weighted by Crippen LogP contribution is -2.37. The number of aryl methyl sites for hydroxylation is 2. The number of aliphatic carboxylic acids is 1. The summed E-state index contributed by atoms with van der Waals surface area (Å²) in [4.78, 5) is 39.5. The largest absolute Gasteiger partial charge is 0.490 e. The Labute approximate surface area is 243 Å². The standard InChI is InChI=1S/C29H37N3O3.C2HF3O2/c1-20-7-6-8-21(2)27(20)29(34)32-17-24-15-31(16-25(24)18-32)13-11-26(22-9-4-3-5-10-22)30-28(33)23-12-14-35-19-23;3-2(4,5)1(6)7/h3-10,23-26H,11-19H2,1-2H3,(H,30,33);(H,6,7)/t23?,24-,25?,26?;/m0./s1. The minimum Gasteiger partial charge on any atom is -0.475 e. The molecule has 11 heteroatoms. The molecule has 228 valence electrons. The van der Waals surface area contributed by atoms with Gasteiger partial charge in [-0.1, -0.05) is 48.5 Å². The zero-order valence-electron chi connectivity index (χ0n) is 23.9. The maximum absolute atomic E-state index is 13.2. The number of carbonyl (C=O) groups is 3. The molecule has 2 aromatic rings. The highest BCUT2D eigenvalue weighted by Gasteiger charge is 2.42. The number of rotatable bonds is 7. The van der Waals surface area contributed by atoms with Crippen molar-refractivity contribution in [3.8, 4) is 0 Å². The summed E-state index contributed by atoms with van der Waals surface area (Å²) in [5, 5.41) is 10.4. The molecule has 5 rings (SSSR count). The Morgan fingerprint density at radius 2 is 1.57 bits per heavy atom. The first kappa shape index (κ1) is 31.5. The van der Waals surface area contributed by atoms with Gasteiger partial charge in [-0.3, -0.25) is 9.59 Å². The van der Waals surface area contributed by atoms with Crippen molar-refractivity contribution in [2.75, 3.05) is 45.9 Å². The summed E-state index contributed by atoms with van der Waals surface area (Å²) in [5.41, 5.74) is 4.15. The SMILES string of the molecule is Cc1cccc(C)c1C(=O)N1CC2CN(CCC(NC(=O)C3CCOC3)c3ccccc3)C[C@H]2C1.O=C(O)C(F)(F)F. The average molecular weight is 590 g/mol. The number of benzene rings is 2. The van der Waals surface area contributed by atoms with E-state index >= 15 is 0 Å². The van der Waals surface area contributed by atoms with Crippen molar-refractivity contribution < 1.29 is 37.4 Å². The number of nitrogens with zero attached hydrogens (tertiary/aromatic N) is 2. The van der Waals surface area contributed by atoms with E-state index in [0.29, 0.717) is 25.0 Å². The molecule has 0 aliphatic carbocycles. The lowest BCUT2D eigenvalue weighted by molar-refractivity contribution is -0.192. The number of hydrogen-bond donors (Lipinski definition) is 2.